The highest BCUT2D eigenvalue weighted by molar-refractivity contribution is 6.55. The van der Waals surface area contributed by atoms with Gasteiger partial charge in [-0.05, 0) is 11.6 Å². The third-order valence-corrected chi connectivity index (χ3v) is 4.27. The zero-order chi connectivity index (χ0) is 14.6. The van der Waals surface area contributed by atoms with Crippen molar-refractivity contribution in [3.05, 3.63) is 81.9 Å². The molecular weight excluding hydrogens is 284 g/mol. The third kappa shape index (κ3) is 1.60. The number of ketones is 2. The van der Waals surface area contributed by atoms with Gasteiger partial charge in [-0.1, -0.05) is 60.1 Å². The molecule has 3 heteroatoms. The summed E-state index contributed by atoms with van der Waals surface area (Å²) in [4.78, 5) is 25.3. The highest BCUT2D eigenvalue weighted by atomic mass is 35.5. The smallest absolute Gasteiger partial charge is 0.195 e. The van der Waals surface area contributed by atoms with Crippen molar-refractivity contribution in [2.45, 2.75) is 0 Å². The molecule has 0 amide bonds. The van der Waals surface area contributed by atoms with Crippen LogP contribution in [0.25, 0.3) is 11.1 Å². The maximum absolute atomic E-state index is 12.7. The van der Waals surface area contributed by atoms with Crippen molar-refractivity contribution < 1.29 is 9.59 Å². The summed E-state index contributed by atoms with van der Waals surface area (Å²) >= 11 is 6.41. The number of carbonyl (C=O) groups is 2. The van der Waals surface area contributed by atoms with E-state index in [1.165, 1.54) is 0 Å². The van der Waals surface area contributed by atoms with Gasteiger partial charge in [-0.3, -0.25) is 9.59 Å². The van der Waals surface area contributed by atoms with E-state index < -0.39 is 0 Å². The standard InChI is InChI=1S/C18H9ClO2/c19-16-12-7-3-4-8-13(12)17(20)14-9-10-5-1-2-6-11(10)18(21)15(14)16/h1-9H. The number of halogens is 1. The Bertz CT molecular complexity index is 888. The lowest BCUT2D eigenvalue weighted by atomic mass is 9.78. The van der Waals surface area contributed by atoms with Crippen molar-refractivity contribution in [2.24, 2.45) is 0 Å². The second kappa shape index (κ2) is 4.27. The van der Waals surface area contributed by atoms with E-state index in [9.17, 15) is 9.59 Å². The van der Waals surface area contributed by atoms with E-state index in [0.29, 0.717) is 32.9 Å². The first kappa shape index (κ1) is 12.3. The monoisotopic (exact) mass is 292 g/mol. The summed E-state index contributed by atoms with van der Waals surface area (Å²) in [6.45, 7) is 0. The maximum Gasteiger partial charge on any atom is 0.195 e. The van der Waals surface area contributed by atoms with E-state index in [-0.39, 0.29) is 11.6 Å². The summed E-state index contributed by atoms with van der Waals surface area (Å²) in [5.41, 5.74) is 3.23. The highest BCUT2D eigenvalue weighted by Crippen LogP contribution is 2.41. The fourth-order valence-electron chi connectivity index (χ4n) is 2.86. The van der Waals surface area contributed by atoms with Gasteiger partial charge in [0, 0.05) is 22.3 Å². The number of allylic oxidation sites excluding steroid dienone is 2. The van der Waals surface area contributed by atoms with Gasteiger partial charge in [0.25, 0.3) is 0 Å². The summed E-state index contributed by atoms with van der Waals surface area (Å²) in [5, 5.41) is 0.357. The molecule has 0 bridgehead atoms. The van der Waals surface area contributed by atoms with Crippen LogP contribution in [-0.4, -0.2) is 11.6 Å². The number of Topliss-reactive ketones (excluding diaryl/α,β-unsaturated/α-hetero) is 2. The molecule has 0 aromatic heterocycles. The van der Waals surface area contributed by atoms with Crippen molar-refractivity contribution >= 4 is 34.3 Å². The fraction of sp³-hybridized carbons (Fsp3) is 0. The number of hydrogen-bond acceptors (Lipinski definition) is 2. The molecule has 2 aromatic rings. The molecule has 0 radical (unpaired) electrons. The minimum absolute atomic E-state index is 0.146. The Hall–Kier alpha value is -2.45. The predicted molar refractivity (Wildman–Crippen MR) is 82.3 cm³/mol. The normalized spacial score (nSPS) is 16.1. The van der Waals surface area contributed by atoms with Crippen LogP contribution in [0.2, 0.25) is 0 Å². The predicted octanol–water partition coefficient (Wildman–Crippen LogP) is 4.11. The minimum atomic E-state index is -0.184. The van der Waals surface area contributed by atoms with Crippen LogP contribution in [0.3, 0.4) is 0 Å². The van der Waals surface area contributed by atoms with Gasteiger partial charge >= 0.3 is 0 Å². The van der Waals surface area contributed by atoms with E-state index in [2.05, 4.69) is 0 Å². The van der Waals surface area contributed by atoms with Crippen LogP contribution in [0.15, 0.2) is 59.7 Å². The number of carbonyl (C=O) groups excluding carboxylic acids is 2. The van der Waals surface area contributed by atoms with Gasteiger partial charge in [0.2, 0.25) is 0 Å². The van der Waals surface area contributed by atoms with Gasteiger partial charge in [0.1, 0.15) is 0 Å². The fourth-order valence-corrected chi connectivity index (χ4v) is 3.22. The zero-order valence-corrected chi connectivity index (χ0v) is 11.6. The molecule has 0 atom stereocenters. The number of hydrogen-bond donors (Lipinski definition) is 0. The van der Waals surface area contributed by atoms with Crippen molar-refractivity contribution in [1.29, 1.82) is 0 Å². The van der Waals surface area contributed by atoms with Gasteiger partial charge in [-0.15, -0.1) is 0 Å². The zero-order valence-electron chi connectivity index (χ0n) is 10.9. The van der Waals surface area contributed by atoms with Crippen LogP contribution in [-0.2, 0) is 0 Å². The third-order valence-electron chi connectivity index (χ3n) is 3.87. The summed E-state index contributed by atoms with van der Waals surface area (Å²) in [6, 6.07) is 14.4. The SMILES string of the molecule is O=C1C2=C(Cl)c3ccccc3C(=O)C2=Cc2ccccc21. The Kier molecular flexibility index (Phi) is 2.50. The maximum atomic E-state index is 12.7. The summed E-state index contributed by atoms with van der Waals surface area (Å²) < 4.78 is 0. The second-order valence-electron chi connectivity index (χ2n) is 5.04. The molecule has 0 saturated carbocycles. The molecule has 0 aliphatic heterocycles. The first-order valence-electron chi connectivity index (χ1n) is 6.58. The molecule has 0 saturated heterocycles. The first-order valence-corrected chi connectivity index (χ1v) is 6.96. The average molecular weight is 293 g/mol. The van der Waals surface area contributed by atoms with E-state index in [1.54, 1.807) is 30.3 Å². The topological polar surface area (TPSA) is 34.1 Å². The van der Waals surface area contributed by atoms with Crippen molar-refractivity contribution in [3.63, 3.8) is 0 Å². The van der Waals surface area contributed by atoms with Crippen molar-refractivity contribution in [2.75, 3.05) is 0 Å². The molecule has 0 unspecified atom stereocenters. The highest BCUT2D eigenvalue weighted by Gasteiger charge is 2.35. The van der Waals surface area contributed by atoms with Crippen LogP contribution >= 0.6 is 11.6 Å². The summed E-state index contributed by atoms with van der Waals surface area (Å²) in [5.74, 6) is -0.330. The average Bonchev–Trinajstić information content (AvgIpc) is 2.52. The molecule has 0 heterocycles. The Morgan fingerprint density at radius 1 is 0.714 bits per heavy atom. The lowest BCUT2D eigenvalue weighted by molar-refractivity contribution is 0.0994. The lowest BCUT2D eigenvalue weighted by Gasteiger charge is -2.24. The molecular formula is C18H9ClO2. The van der Waals surface area contributed by atoms with Crippen molar-refractivity contribution in [1.82, 2.24) is 0 Å². The molecule has 2 aromatic carbocycles. The summed E-state index contributed by atoms with van der Waals surface area (Å²) in [6.07, 6.45) is 1.76. The number of benzene rings is 2. The quantitative estimate of drug-likeness (QED) is 0.732. The molecule has 0 spiro atoms. The molecule has 2 aliphatic carbocycles. The Labute approximate surface area is 126 Å². The second-order valence-corrected chi connectivity index (χ2v) is 5.42. The largest absolute Gasteiger partial charge is 0.289 e. The van der Waals surface area contributed by atoms with E-state index in [0.717, 1.165) is 5.56 Å². The number of rotatable bonds is 0. The molecule has 0 fully saturated rings. The van der Waals surface area contributed by atoms with Gasteiger partial charge < -0.3 is 0 Å². The minimum Gasteiger partial charge on any atom is -0.289 e. The van der Waals surface area contributed by atoms with Crippen LogP contribution in [0.5, 0.6) is 0 Å². The van der Waals surface area contributed by atoms with Crippen molar-refractivity contribution in [3.8, 4) is 0 Å². The molecule has 0 N–H and O–H groups in total. The van der Waals surface area contributed by atoms with Crippen LogP contribution < -0.4 is 0 Å². The van der Waals surface area contributed by atoms with Crippen LogP contribution in [0, 0.1) is 0 Å². The lowest BCUT2D eigenvalue weighted by Crippen LogP contribution is -2.22. The number of fused-ring (bicyclic) bond motifs is 3. The van der Waals surface area contributed by atoms with Crippen LogP contribution in [0.1, 0.15) is 31.8 Å². The van der Waals surface area contributed by atoms with Gasteiger partial charge in [0.05, 0.1) is 10.6 Å². The first-order chi connectivity index (χ1) is 10.2. The van der Waals surface area contributed by atoms with Crippen LogP contribution in [0.4, 0.5) is 0 Å². The molecule has 21 heavy (non-hydrogen) atoms. The Balaban J connectivity index is 2.08. The van der Waals surface area contributed by atoms with E-state index in [4.69, 9.17) is 11.6 Å². The molecule has 2 aliphatic rings. The molecule has 100 valence electrons. The Morgan fingerprint density at radius 2 is 1.33 bits per heavy atom. The van der Waals surface area contributed by atoms with Gasteiger partial charge in [-0.25, -0.2) is 0 Å². The molecule has 4 rings (SSSR count). The van der Waals surface area contributed by atoms with E-state index >= 15 is 0 Å². The molecule has 2 nitrogen and oxygen atoms in total. The van der Waals surface area contributed by atoms with Gasteiger partial charge in [-0.2, -0.15) is 0 Å². The Morgan fingerprint density at radius 3 is 2.10 bits per heavy atom. The summed E-state index contributed by atoms with van der Waals surface area (Å²) in [7, 11) is 0. The van der Waals surface area contributed by atoms with Gasteiger partial charge in [0.15, 0.2) is 11.6 Å². The van der Waals surface area contributed by atoms with E-state index in [1.807, 2.05) is 24.3 Å².